The highest BCUT2D eigenvalue weighted by Gasteiger charge is 2.15. The highest BCUT2D eigenvalue weighted by atomic mass is 32.2. The summed E-state index contributed by atoms with van der Waals surface area (Å²) >= 11 is 1.39. The number of hydrogen-bond donors (Lipinski definition) is 1. The van der Waals surface area contributed by atoms with Crippen LogP contribution in [0.2, 0.25) is 0 Å². The lowest BCUT2D eigenvalue weighted by molar-refractivity contribution is -0.113. The minimum absolute atomic E-state index is 0.112. The van der Waals surface area contributed by atoms with Crippen LogP contribution in [-0.2, 0) is 4.79 Å². The smallest absolute Gasteiger partial charge is 0.234 e. The molecule has 0 aliphatic heterocycles. The number of nitrogens with one attached hydrogen (secondary N) is 1. The molecule has 0 saturated heterocycles. The third-order valence-electron chi connectivity index (χ3n) is 5.56. The lowest BCUT2D eigenvalue weighted by Gasteiger charge is -2.10. The van der Waals surface area contributed by atoms with Gasteiger partial charge in [0, 0.05) is 11.1 Å². The molecule has 0 atom stereocenters. The van der Waals surface area contributed by atoms with Crippen LogP contribution >= 0.6 is 11.8 Å². The first-order chi connectivity index (χ1) is 17.2. The van der Waals surface area contributed by atoms with Crippen LogP contribution in [0.3, 0.4) is 0 Å². The van der Waals surface area contributed by atoms with Crippen LogP contribution in [0.1, 0.15) is 0 Å². The van der Waals surface area contributed by atoms with Crippen LogP contribution in [0.4, 0.5) is 5.69 Å². The van der Waals surface area contributed by atoms with Gasteiger partial charge in [0.25, 0.3) is 0 Å². The minimum atomic E-state index is -0.112. The van der Waals surface area contributed by atoms with Crippen molar-refractivity contribution in [2.75, 3.05) is 11.1 Å². The molecule has 0 bridgehead atoms. The van der Waals surface area contributed by atoms with Gasteiger partial charge in [0.2, 0.25) is 5.91 Å². The van der Waals surface area contributed by atoms with Gasteiger partial charge in [-0.3, -0.25) is 9.20 Å². The first-order valence-corrected chi connectivity index (χ1v) is 12.1. The van der Waals surface area contributed by atoms with Gasteiger partial charge < -0.3 is 10.1 Å². The maximum Gasteiger partial charge on any atom is 0.234 e. The zero-order valence-corrected chi connectivity index (χ0v) is 19.4. The quantitative estimate of drug-likeness (QED) is 0.218. The first kappa shape index (κ1) is 21.2. The highest BCUT2D eigenvalue weighted by molar-refractivity contribution is 7.99. The van der Waals surface area contributed by atoms with E-state index in [-0.39, 0.29) is 11.7 Å². The van der Waals surface area contributed by atoms with Crippen molar-refractivity contribution in [2.24, 2.45) is 0 Å². The molecule has 0 aliphatic carbocycles. The standard InChI is InChI=1S/C28H20N4O2S/c33-26(29-19-14-16-21(17-15-19)34-20-8-2-1-3-9-20)18-35-28-31-23-11-5-4-10-22(23)27-30-24-12-6-7-13-25(24)32(27)28/h1-17H,18H2,(H,29,33). The number of carbonyl (C=O) groups excluding carboxylic acids is 1. The van der Waals surface area contributed by atoms with Crippen LogP contribution in [0, 0.1) is 0 Å². The second kappa shape index (κ2) is 9.12. The number of fused-ring (bicyclic) bond motifs is 5. The minimum Gasteiger partial charge on any atom is -0.457 e. The fourth-order valence-electron chi connectivity index (χ4n) is 3.97. The summed E-state index contributed by atoms with van der Waals surface area (Å²) in [6.07, 6.45) is 0. The Hall–Kier alpha value is -4.36. The Balaban J connectivity index is 1.21. The summed E-state index contributed by atoms with van der Waals surface area (Å²) in [6.45, 7) is 0. The number of thioether (sulfide) groups is 1. The van der Waals surface area contributed by atoms with Gasteiger partial charge in [-0.15, -0.1) is 0 Å². The molecule has 6 rings (SSSR count). The van der Waals surface area contributed by atoms with E-state index in [2.05, 4.69) is 5.32 Å². The molecule has 0 radical (unpaired) electrons. The predicted octanol–water partition coefficient (Wildman–Crippen LogP) is 6.56. The van der Waals surface area contributed by atoms with Crippen LogP contribution < -0.4 is 10.1 Å². The Labute approximate surface area is 205 Å². The van der Waals surface area contributed by atoms with Crippen molar-refractivity contribution < 1.29 is 9.53 Å². The van der Waals surface area contributed by atoms with Gasteiger partial charge in [-0.05, 0) is 60.7 Å². The molecule has 35 heavy (non-hydrogen) atoms. The van der Waals surface area contributed by atoms with Gasteiger partial charge in [0.05, 0.1) is 22.3 Å². The van der Waals surface area contributed by atoms with E-state index in [0.717, 1.165) is 38.5 Å². The molecule has 4 aromatic carbocycles. The average Bonchev–Trinajstić information content (AvgIpc) is 3.29. The third kappa shape index (κ3) is 4.29. The number of ether oxygens (including phenoxy) is 1. The van der Waals surface area contributed by atoms with Gasteiger partial charge in [0.1, 0.15) is 17.1 Å². The summed E-state index contributed by atoms with van der Waals surface area (Å²) < 4.78 is 7.85. The molecule has 1 N–H and O–H groups in total. The van der Waals surface area contributed by atoms with Crippen LogP contribution in [0.15, 0.2) is 108 Å². The van der Waals surface area contributed by atoms with E-state index in [4.69, 9.17) is 14.7 Å². The largest absolute Gasteiger partial charge is 0.457 e. The normalized spacial score (nSPS) is 11.2. The summed E-state index contributed by atoms with van der Waals surface area (Å²) in [6, 6.07) is 32.8. The van der Waals surface area contributed by atoms with Crippen molar-refractivity contribution >= 4 is 50.9 Å². The molecule has 1 amide bonds. The number of benzene rings is 4. The SMILES string of the molecule is O=C(CSc1nc2ccccc2c2nc3ccccc3n12)Nc1ccc(Oc2ccccc2)cc1. The number of aromatic nitrogens is 3. The fraction of sp³-hybridized carbons (Fsp3) is 0.0357. The number of nitrogens with zero attached hydrogens (tertiary/aromatic N) is 3. The maximum atomic E-state index is 12.7. The van der Waals surface area contributed by atoms with E-state index in [1.54, 1.807) is 0 Å². The Morgan fingerprint density at radius 3 is 2.29 bits per heavy atom. The topological polar surface area (TPSA) is 68.5 Å². The summed E-state index contributed by atoms with van der Waals surface area (Å²) in [4.78, 5) is 22.4. The molecule has 0 spiro atoms. The zero-order valence-electron chi connectivity index (χ0n) is 18.6. The monoisotopic (exact) mass is 476 g/mol. The van der Waals surface area contributed by atoms with Crippen molar-refractivity contribution in [3.8, 4) is 11.5 Å². The summed E-state index contributed by atoms with van der Waals surface area (Å²) in [5.74, 6) is 1.58. The number of rotatable bonds is 6. The number of anilines is 1. The first-order valence-electron chi connectivity index (χ1n) is 11.2. The number of para-hydroxylation sites is 4. The van der Waals surface area contributed by atoms with E-state index < -0.39 is 0 Å². The molecule has 2 heterocycles. The number of hydrogen-bond acceptors (Lipinski definition) is 5. The van der Waals surface area contributed by atoms with E-state index in [1.807, 2.05) is 108 Å². The van der Waals surface area contributed by atoms with Crippen LogP contribution in [0.5, 0.6) is 11.5 Å². The molecule has 0 aliphatic rings. The number of imidazole rings is 1. The van der Waals surface area contributed by atoms with Crippen molar-refractivity contribution in [3.63, 3.8) is 0 Å². The van der Waals surface area contributed by atoms with Crippen molar-refractivity contribution in [1.82, 2.24) is 14.4 Å². The average molecular weight is 477 g/mol. The van der Waals surface area contributed by atoms with Crippen molar-refractivity contribution in [2.45, 2.75) is 5.16 Å². The molecule has 7 heteroatoms. The molecule has 2 aromatic heterocycles. The second-order valence-electron chi connectivity index (χ2n) is 7.95. The molecule has 6 nitrogen and oxygen atoms in total. The molecular weight excluding hydrogens is 456 g/mol. The molecule has 6 aromatic rings. The summed E-state index contributed by atoms with van der Waals surface area (Å²) in [5.41, 5.74) is 4.27. The van der Waals surface area contributed by atoms with Crippen LogP contribution in [-0.4, -0.2) is 26.0 Å². The third-order valence-corrected chi connectivity index (χ3v) is 6.50. The maximum absolute atomic E-state index is 12.7. The van der Waals surface area contributed by atoms with E-state index in [1.165, 1.54) is 11.8 Å². The lowest BCUT2D eigenvalue weighted by Crippen LogP contribution is -2.14. The Morgan fingerprint density at radius 1 is 0.771 bits per heavy atom. The van der Waals surface area contributed by atoms with Gasteiger partial charge in [-0.1, -0.05) is 54.2 Å². The predicted molar refractivity (Wildman–Crippen MR) is 140 cm³/mol. The highest BCUT2D eigenvalue weighted by Crippen LogP contribution is 2.29. The van der Waals surface area contributed by atoms with Crippen LogP contribution in [0.25, 0.3) is 27.6 Å². The zero-order chi connectivity index (χ0) is 23.6. The van der Waals surface area contributed by atoms with Gasteiger partial charge in [-0.25, -0.2) is 9.97 Å². The second-order valence-corrected chi connectivity index (χ2v) is 8.89. The van der Waals surface area contributed by atoms with Gasteiger partial charge in [0.15, 0.2) is 5.16 Å². The van der Waals surface area contributed by atoms with Crippen molar-refractivity contribution in [3.05, 3.63) is 103 Å². The number of carbonyl (C=O) groups is 1. The van der Waals surface area contributed by atoms with E-state index >= 15 is 0 Å². The lowest BCUT2D eigenvalue weighted by atomic mass is 10.2. The molecular formula is C28H20N4O2S. The Bertz CT molecular complexity index is 1660. The van der Waals surface area contributed by atoms with Gasteiger partial charge >= 0.3 is 0 Å². The summed E-state index contributed by atoms with van der Waals surface area (Å²) in [5, 5.41) is 4.66. The molecule has 0 unspecified atom stereocenters. The Morgan fingerprint density at radius 2 is 1.46 bits per heavy atom. The molecule has 0 saturated carbocycles. The summed E-state index contributed by atoms with van der Waals surface area (Å²) in [7, 11) is 0. The van der Waals surface area contributed by atoms with E-state index in [0.29, 0.717) is 11.4 Å². The Kier molecular flexibility index (Phi) is 5.52. The van der Waals surface area contributed by atoms with E-state index in [9.17, 15) is 4.79 Å². The number of amides is 1. The van der Waals surface area contributed by atoms with Crippen molar-refractivity contribution in [1.29, 1.82) is 0 Å². The van der Waals surface area contributed by atoms with Gasteiger partial charge in [-0.2, -0.15) is 0 Å². The molecule has 170 valence electrons. The molecule has 0 fully saturated rings. The fourth-order valence-corrected chi connectivity index (χ4v) is 4.78.